The van der Waals surface area contributed by atoms with Crippen LogP contribution >= 0.6 is 11.3 Å². The van der Waals surface area contributed by atoms with E-state index in [4.69, 9.17) is 9.47 Å². The molecule has 1 saturated heterocycles. The number of nitrogens with zero attached hydrogens (tertiary/aromatic N) is 4. The number of ether oxygens (including phenoxy) is 2. The van der Waals surface area contributed by atoms with Gasteiger partial charge in [-0.1, -0.05) is 12.6 Å². The highest BCUT2D eigenvalue weighted by Gasteiger charge is 2.25. The van der Waals surface area contributed by atoms with Crippen LogP contribution in [0.3, 0.4) is 0 Å². The minimum absolute atomic E-state index is 0.323. The van der Waals surface area contributed by atoms with E-state index < -0.39 is 0 Å². The Kier molecular flexibility index (Phi) is 5.46. The average molecular weight is 401 g/mol. The largest absolute Gasteiger partial charge is 0.454 e. The highest BCUT2D eigenvalue weighted by atomic mass is 32.1. The maximum absolute atomic E-state index is 5.53. The van der Waals surface area contributed by atoms with Gasteiger partial charge in [-0.2, -0.15) is 0 Å². The first-order chi connectivity index (χ1) is 13.5. The molecule has 7 heteroatoms. The van der Waals surface area contributed by atoms with Gasteiger partial charge in [-0.3, -0.25) is 4.90 Å². The molecule has 2 aliphatic heterocycles. The first-order valence-corrected chi connectivity index (χ1v) is 10.5. The van der Waals surface area contributed by atoms with Gasteiger partial charge in [-0.25, -0.2) is 4.98 Å². The number of hydrogen-bond acceptors (Lipinski definition) is 7. The van der Waals surface area contributed by atoms with Crippen molar-refractivity contribution >= 4 is 16.5 Å². The van der Waals surface area contributed by atoms with Crippen LogP contribution in [-0.4, -0.2) is 54.8 Å². The highest BCUT2D eigenvalue weighted by Crippen LogP contribution is 2.36. The van der Waals surface area contributed by atoms with Gasteiger partial charge in [-0.05, 0) is 31.5 Å². The predicted molar refractivity (Wildman–Crippen MR) is 113 cm³/mol. The molecule has 0 radical (unpaired) electrons. The molecule has 0 amide bonds. The van der Waals surface area contributed by atoms with Crippen molar-refractivity contribution in [1.29, 1.82) is 0 Å². The van der Waals surface area contributed by atoms with Gasteiger partial charge < -0.3 is 19.3 Å². The molecule has 6 nitrogen and oxygen atoms in total. The smallest absolute Gasteiger partial charge is 0.231 e. The van der Waals surface area contributed by atoms with Crippen LogP contribution in [0.1, 0.15) is 30.3 Å². The molecule has 1 aromatic carbocycles. The second-order valence-electron chi connectivity index (χ2n) is 7.51. The summed E-state index contributed by atoms with van der Waals surface area (Å²) in [7, 11) is 2.07. The van der Waals surface area contributed by atoms with Crippen LogP contribution in [0.4, 0.5) is 5.13 Å². The monoisotopic (exact) mass is 400 g/mol. The van der Waals surface area contributed by atoms with Crippen molar-refractivity contribution in [2.75, 3.05) is 44.9 Å². The number of rotatable bonds is 6. The fourth-order valence-corrected chi connectivity index (χ4v) is 4.58. The molecule has 150 valence electrons. The van der Waals surface area contributed by atoms with Crippen LogP contribution in [0, 0.1) is 0 Å². The van der Waals surface area contributed by atoms with E-state index in [2.05, 4.69) is 52.4 Å². The quantitative estimate of drug-likeness (QED) is 0.736. The van der Waals surface area contributed by atoms with Gasteiger partial charge in [-0.15, -0.1) is 11.3 Å². The Balaban J connectivity index is 1.34. The zero-order valence-corrected chi connectivity index (χ0v) is 17.7. The molecule has 1 aromatic heterocycles. The average Bonchev–Trinajstić information content (AvgIpc) is 3.36. The summed E-state index contributed by atoms with van der Waals surface area (Å²) in [5, 5.41) is 1.13. The first-order valence-electron chi connectivity index (χ1n) is 9.71. The summed E-state index contributed by atoms with van der Waals surface area (Å²) in [5.74, 6) is 1.70. The Morgan fingerprint density at radius 1 is 1.25 bits per heavy atom. The van der Waals surface area contributed by atoms with Crippen LogP contribution in [0.25, 0.3) is 0 Å². The van der Waals surface area contributed by atoms with Crippen molar-refractivity contribution in [3.05, 3.63) is 47.1 Å². The van der Waals surface area contributed by atoms with Crippen LogP contribution < -0.4 is 14.4 Å². The molecule has 0 spiro atoms. The van der Waals surface area contributed by atoms with Gasteiger partial charge in [0, 0.05) is 56.0 Å². The third-order valence-corrected chi connectivity index (χ3v) is 6.64. The number of allylic oxidation sites excluding steroid dienone is 1. The van der Waals surface area contributed by atoms with Gasteiger partial charge >= 0.3 is 0 Å². The molecular weight excluding hydrogens is 372 g/mol. The lowest BCUT2D eigenvalue weighted by Gasteiger charge is -2.38. The van der Waals surface area contributed by atoms with Crippen molar-refractivity contribution in [1.82, 2.24) is 14.8 Å². The number of anilines is 1. The molecule has 0 N–H and O–H groups in total. The van der Waals surface area contributed by atoms with Crippen LogP contribution in [0.2, 0.25) is 0 Å². The van der Waals surface area contributed by atoms with Crippen molar-refractivity contribution in [2.45, 2.75) is 26.4 Å². The second-order valence-corrected chi connectivity index (χ2v) is 8.61. The highest BCUT2D eigenvalue weighted by molar-refractivity contribution is 7.15. The van der Waals surface area contributed by atoms with E-state index in [1.807, 2.05) is 19.2 Å². The number of piperazine rings is 1. The first kappa shape index (κ1) is 19.1. The number of thiazole rings is 1. The summed E-state index contributed by atoms with van der Waals surface area (Å²) in [6, 6.07) is 6.64. The molecule has 0 bridgehead atoms. The van der Waals surface area contributed by atoms with Crippen molar-refractivity contribution in [3.63, 3.8) is 0 Å². The summed E-state index contributed by atoms with van der Waals surface area (Å²) in [5.41, 5.74) is 2.35. The van der Waals surface area contributed by atoms with E-state index in [1.54, 1.807) is 11.3 Å². The third kappa shape index (κ3) is 3.95. The van der Waals surface area contributed by atoms with E-state index in [1.165, 1.54) is 10.4 Å². The molecule has 1 unspecified atom stereocenters. The molecule has 1 fully saturated rings. The molecule has 4 rings (SSSR count). The molecule has 3 heterocycles. The standard InChI is InChI=1S/C21H28N4O2S/c1-15(2)23(4)13-18-12-22-21(28-18)25-9-7-24(8-10-25)16(3)17-5-6-19-20(11-17)27-14-26-19/h5-6,11-12,16H,1,7-10,13-14H2,2-4H3. The maximum atomic E-state index is 5.53. The van der Waals surface area contributed by atoms with E-state index in [0.29, 0.717) is 12.8 Å². The van der Waals surface area contributed by atoms with Crippen molar-refractivity contribution in [2.24, 2.45) is 0 Å². The molecule has 2 aliphatic rings. The molecule has 2 aromatic rings. The molecule has 1 atom stereocenters. The topological polar surface area (TPSA) is 41.1 Å². The second kappa shape index (κ2) is 8.01. The Hall–Kier alpha value is -2.25. The lowest BCUT2D eigenvalue weighted by atomic mass is 10.1. The summed E-state index contributed by atoms with van der Waals surface area (Å²) in [6.45, 7) is 13.5. The van der Waals surface area contributed by atoms with E-state index >= 15 is 0 Å². The van der Waals surface area contributed by atoms with Crippen molar-refractivity contribution in [3.8, 4) is 11.5 Å². The molecule has 28 heavy (non-hydrogen) atoms. The number of benzene rings is 1. The Bertz CT molecular complexity index is 845. The van der Waals surface area contributed by atoms with Gasteiger partial charge in [0.2, 0.25) is 6.79 Å². The SMILES string of the molecule is C=C(C)N(C)Cc1cnc(N2CCN(C(C)c3ccc4c(c3)OCO4)CC2)s1. The fourth-order valence-electron chi connectivity index (χ4n) is 3.57. The van der Waals surface area contributed by atoms with Crippen LogP contribution in [0.5, 0.6) is 11.5 Å². The van der Waals surface area contributed by atoms with Crippen LogP contribution in [0.15, 0.2) is 36.7 Å². The van der Waals surface area contributed by atoms with E-state index in [0.717, 1.165) is 55.1 Å². The Labute approximate surface area is 171 Å². The summed E-state index contributed by atoms with van der Waals surface area (Å²) in [4.78, 5) is 13.0. The van der Waals surface area contributed by atoms with Gasteiger partial charge in [0.15, 0.2) is 16.6 Å². The minimum Gasteiger partial charge on any atom is -0.454 e. The molecule has 0 aliphatic carbocycles. The lowest BCUT2D eigenvalue weighted by Crippen LogP contribution is -2.47. The summed E-state index contributed by atoms with van der Waals surface area (Å²) in [6.07, 6.45) is 2.00. The number of fused-ring (bicyclic) bond motifs is 1. The third-order valence-electron chi connectivity index (χ3n) is 5.60. The zero-order valence-electron chi connectivity index (χ0n) is 16.9. The van der Waals surface area contributed by atoms with E-state index in [-0.39, 0.29) is 0 Å². The Morgan fingerprint density at radius 3 is 2.75 bits per heavy atom. The number of aromatic nitrogens is 1. The molecule has 0 saturated carbocycles. The summed E-state index contributed by atoms with van der Waals surface area (Å²) < 4.78 is 11.0. The normalized spacial score (nSPS) is 17.6. The zero-order chi connectivity index (χ0) is 19.7. The van der Waals surface area contributed by atoms with Gasteiger partial charge in [0.1, 0.15) is 0 Å². The minimum atomic E-state index is 0.323. The molecular formula is C21H28N4O2S. The predicted octanol–water partition coefficient (Wildman–Crippen LogP) is 3.72. The number of hydrogen-bond donors (Lipinski definition) is 0. The fraction of sp³-hybridized carbons (Fsp3) is 0.476. The van der Waals surface area contributed by atoms with Crippen LogP contribution in [-0.2, 0) is 6.54 Å². The Morgan fingerprint density at radius 2 is 2.00 bits per heavy atom. The summed E-state index contributed by atoms with van der Waals surface area (Å²) >= 11 is 1.79. The van der Waals surface area contributed by atoms with E-state index in [9.17, 15) is 0 Å². The van der Waals surface area contributed by atoms with Gasteiger partial charge in [0.05, 0.1) is 6.54 Å². The van der Waals surface area contributed by atoms with Gasteiger partial charge in [0.25, 0.3) is 0 Å². The lowest BCUT2D eigenvalue weighted by molar-refractivity contribution is 0.173. The van der Waals surface area contributed by atoms with Crippen molar-refractivity contribution < 1.29 is 9.47 Å². The maximum Gasteiger partial charge on any atom is 0.231 e.